The van der Waals surface area contributed by atoms with E-state index >= 15 is 0 Å². The van der Waals surface area contributed by atoms with Crippen LogP contribution in [-0.2, 0) is 0 Å². The second kappa shape index (κ2) is 9.75. The Hall–Kier alpha value is -3.32. The standard InChI is InChI=1S/C22H27N5O2/c1-27(2)13-12-23-22-25-18(16-8-6-5-7-9-16)15-21(26-22)24-19-14-17(28-3)10-11-20(19)29-4/h5-11,14-15H,12-13H2,1-4H3,(H2,23,24,25,26). The minimum atomic E-state index is 0.567. The molecular formula is C22H27N5O2. The lowest BCUT2D eigenvalue weighted by Crippen LogP contribution is -2.21. The predicted octanol–water partition coefficient (Wildman–Crippen LogP) is 3.88. The topological polar surface area (TPSA) is 71.5 Å². The summed E-state index contributed by atoms with van der Waals surface area (Å²) < 4.78 is 10.8. The van der Waals surface area contributed by atoms with E-state index in [4.69, 9.17) is 9.47 Å². The molecule has 3 rings (SSSR count). The lowest BCUT2D eigenvalue weighted by molar-refractivity contribution is 0.405. The molecule has 7 nitrogen and oxygen atoms in total. The number of hydrogen-bond donors (Lipinski definition) is 2. The van der Waals surface area contributed by atoms with Gasteiger partial charge in [-0.1, -0.05) is 30.3 Å². The summed E-state index contributed by atoms with van der Waals surface area (Å²) in [5.41, 5.74) is 2.62. The van der Waals surface area contributed by atoms with Gasteiger partial charge in [-0.3, -0.25) is 0 Å². The monoisotopic (exact) mass is 393 g/mol. The molecule has 1 heterocycles. The van der Waals surface area contributed by atoms with Gasteiger partial charge in [-0.15, -0.1) is 0 Å². The zero-order valence-corrected chi connectivity index (χ0v) is 17.3. The molecule has 0 aliphatic rings. The SMILES string of the molecule is COc1ccc(OC)c(Nc2cc(-c3ccccc3)nc(NCCN(C)C)n2)c1. The van der Waals surface area contributed by atoms with Crippen molar-refractivity contribution >= 4 is 17.5 Å². The Labute approximate surface area is 171 Å². The fourth-order valence-corrected chi connectivity index (χ4v) is 2.79. The van der Waals surface area contributed by atoms with E-state index in [9.17, 15) is 0 Å². The highest BCUT2D eigenvalue weighted by molar-refractivity contribution is 5.71. The molecule has 0 amide bonds. The van der Waals surface area contributed by atoms with E-state index in [0.717, 1.165) is 35.8 Å². The van der Waals surface area contributed by atoms with E-state index in [1.165, 1.54) is 0 Å². The van der Waals surface area contributed by atoms with Gasteiger partial charge in [0.25, 0.3) is 0 Å². The van der Waals surface area contributed by atoms with Crippen molar-refractivity contribution in [2.75, 3.05) is 52.0 Å². The van der Waals surface area contributed by atoms with Crippen molar-refractivity contribution in [1.82, 2.24) is 14.9 Å². The molecule has 0 aliphatic carbocycles. The molecule has 0 aliphatic heterocycles. The molecule has 0 unspecified atom stereocenters. The van der Waals surface area contributed by atoms with Gasteiger partial charge in [-0.2, -0.15) is 4.98 Å². The van der Waals surface area contributed by atoms with Crippen LogP contribution in [0.5, 0.6) is 11.5 Å². The number of ether oxygens (including phenoxy) is 2. The molecule has 0 saturated heterocycles. The number of rotatable bonds is 9. The maximum atomic E-state index is 5.47. The molecule has 0 radical (unpaired) electrons. The maximum Gasteiger partial charge on any atom is 0.225 e. The summed E-state index contributed by atoms with van der Waals surface area (Å²) in [7, 11) is 7.34. The first kappa shape index (κ1) is 20.4. The van der Waals surface area contributed by atoms with Crippen LogP contribution in [-0.4, -0.2) is 56.3 Å². The van der Waals surface area contributed by atoms with Crippen molar-refractivity contribution in [1.29, 1.82) is 0 Å². The molecule has 29 heavy (non-hydrogen) atoms. The normalized spacial score (nSPS) is 10.7. The highest BCUT2D eigenvalue weighted by atomic mass is 16.5. The third-order valence-electron chi connectivity index (χ3n) is 4.31. The van der Waals surface area contributed by atoms with Gasteiger partial charge in [0.05, 0.1) is 25.6 Å². The molecule has 7 heteroatoms. The van der Waals surface area contributed by atoms with Crippen molar-refractivity contribution in [3.8, 4) is 22.8 Å². The molecular weight excluding hydrogens is 366 g/mol. The van der Waals surface area contributed by atoms with E-state index in [1.807, 2.05) is 68.7 Å². The summed E-state index contributed by atoms with van der Waals surface area (Å²) in [6, 6.07) is 17.5. The van der Waals surface area contributed by atoms with Gasteiger partial charge in [-0.25, -0.2) is 4.98 Å². The molecule has 0 atom stereocenters. The number of benzene rings is 2. The van der Waals surface area contributed by atoms with E-state index in [-0.39, 0.29) is 0 Å². The summed E-state index contributed by atoms with van der Waals surface area (Å²) in [6.07, 6.45) is 0. The van der Waals surface area contributed by atoms with Gasteiger partial charge < -0.3 is 25.0 Å². The lowest BCUT2D eigenvalue weighted by Gasteiger charge is -2.15. The van der Waals surface area contributed by atoms with Crippen molar-refractivity contribution in [3.05, 3.63) is 54.6 Å². The Morgan fingerprint density at radius 1 is 0.931 bits per heavy atom. The highest BCUT2D eigenvalue weighted by Gasteiger charge is 2.10. The fourth-order valence-electron chi connectivity index (χ4n) is 2.79. The van der Waals surface area contributed by atoms with Crippen LogP contribution in [0.15, 0.2) is 54.6 Å². The van der Waals surface area contributed by atoms with Crippen LogP contribution in [0.4, 0.5) is 17.5 Å². The van der Waals surface area contributed by atoms with Crippen LogP contribution in [0, 0.1) is 0 Å². The first-order valence-electron chi connectivity index (χ1n) is 9.41. The Morgan fingerprint density at radius 3 is 2.41 bits per heavy atom. The van der Waals surface area contributed by atoms with Gasteiger partial charge in [0, 0.05) is 30.8 Å². The van der Waals surface area contributed by atoms with Crippen LogP contribution in [0.25, 0.3) is 11.3 Å². The van der Waals surface area contributed by atoms with Crippen molar-refractivity contribution in [2.24, 2.45) is 0 Å². The number of nitrogens with zero attached hydrogens (tertiary/aromatic N) is 3. The molecule has 1 aromatic heterocycles. The molecule has 2 N–H and O–H groups in total. The predicted molar refractivity (Wildman–Crippen MR) is 117 cm³/mol. The lowest BCUT2D eigenvalue weighted by atomic mass is 10.1. The Balaban J connectivity index is 1.94. The summed E-state index contributed by atoms with van der Waals surface area (Å²) in [4.78, 5) is 11.4. The Bertz CT molecular complexity index is 932. The number of anilines is 3. The zero-order chi connectivity index (χ0) is 20.6. The van der Waals surface area contributed by atoms with Crippen molar-refractivity contribution in [2.45, 2.75) is 0 Å². The molecule has 0 spiro atoms. The van der Waals surface area contributed by atoms with Crippen LogP contribution in [0.2, 0.25) is 0 Å². The van der Waals surface area contributed by atoms with Crippen molar-refractivity contribution < 1.29 is 9.47 Å². The molecule has 2 aromatic carbocycles. The Kier molecular flexibility index (Phi) is 6.86. The van der Waals surface area contributed by atoms with Crippen LogP contribution in [0.1, 0.15) is 0 Å². The summed E-state index contributed by atoms with van der Waals surface area (Å²) in [5, 5.41) is 6.65. The third kappa shape index (κ3) is 5.58. The quantitative estimate of drug-likeness (QED) is 0.572. The number of nitrogens with one attached hydrogen (secondary N) is 2. The van der Waals surface area contributed by atoms with E-state index in [2.05, 4.69) is 25.5 Å². The van der Waals surface area contributed by atoms with Crippen LogP contribution >= 0.6 is 0 Å². The third-order valence-corrected chi connectivity index (χ3v) is 4.31. The number of methoxy groups -OCH3 is 2. The van der Waals surface area contributed by atoms with Gasteiger partial charge in [0.15, 0.2) is 0 Å². The molecule has 152 valence electrons. The van der Waals surface area contributed by atoms with Crippen LogP contribution in [0.3, 0.4) is 0 Å². The minimum absolute atomic E-state index is 0.567. The summed E-state index contributed by atoms with van der Waals surface area (Å²) >= 11 is 0. The van der Waals surface area contributed by atoms with Gasteiger partial charge in [-0.05, 0) is 26.2 Å². The van der Waals surface area contributed by atoms with E-state index in [0.29, 0.717) is 17.5 Å². The average molecular weight is 393 g/mol. The highest BCUT2D eigenvalue weighted by Crippen LogP contribution is 2.32. The molecule has 0 fully saturated rings. The second-order valence-corrected chi connectivity index (χ2v) is 6.75. The first-order chi connectivity index (χ1) is 14.1. The van der Waals surface area contributed by atoms with Crippen molar-refractivity contribution in [3.63, 3.8) is 0 Å². The minimum Gasteiger partial charge on any atom is -0.497 e. The second-order valence-electron chi connectivity index (χ2n) is 6.75. The zero-order valence-electron chi connectivity index (χ0n) is 17.3. The van der Waals surface area contributed by atoms with Gasteiger partial charge >= 0.3 is 0 Å². The summed E-state index contributed by atoms with van der Waals surface area (Å²) in [5.74, 6) is 2.66. The first-order valence-corrected chi connectivity index (χ1v) is 9.41. The smallest absolute Gasteiger partial charge is 0.225 e. The fraction of sp³-hybridized carbons (Fsp3) is 0.273. The van der Waals surface area contributed by atoms with E-state index < -0.39 is 0 Å². The van der Waals surface area contributed by atoms with E-state index in [1.54, 1.807) is 14.2 Å². The number of likely N-dealkylation sites (N-methyl/N-ethyl adjacent to an activating group) is 1. The van der Waals surface area contributed by atoms with Gasteiger partial charge in [0.1, 0.15) is 17.3 Å². The van der Waals surface area contributed by atoms with Gasteiger partial charge in [0.2, 0.25) is 5.95 Å². The molecule has 3 aromatic rings. The summed E-state index contributed by atoms with van der Waals surface area (Å²) in [6.45, 7) is 1.62. The van der Waals surface area contributed by atoms with Crippen LogP contribution < -0.4 is 20.1 Å². The largest absolute Gasteiger partial charge is 0.497 e. The average Bonchev–Trinajstić information content (AvgIpc) is 2.74. The number of aromatic nitrogens is 2. The molecule has 0 bridgehead atoms. The molecule has 0 saturated carbocycles. The maximum absolute atomic E-state index is 5.47. The Morgan fingerprint density at radius 2 is 1.72 bits per heavy atom. The number of hydrogen-bond acceptors (Lipinski definition) is 7.